The molecule has 0 aromatic rings. The van der Waals surface area contributed by atoms with Gasteiger partial charge in [0.1, 0.15) is 6.04 Å². The highest BCUT2D eigenvalue weighted by Crippen LogP contribution is 2.12. The number of aliphatic hydroxyl groups excluding tert-OH is 1. The molecular formula is C43H84N2O4. The number of nitrogens with zero attached hydrogens (tertiary/aromatic N) is 1. The molecule has 0 radical (unpaired) electrons. The number of ether oxygens (including phenoxy) is 2. The molecule has 0 fully saturated rings. The molecule has 0 spiro atoms. The van der Waals surface area contributed by atoms with Crippen molar-refractivity contribution in [2.24, 2.45) is 5.73 Å². The Labute approximate surface area is 305 Å². The highest BCUT2D eigenvalue weighted by atomic mass is 16.5. The molecule has 6 heteroatoms. The summed E-state index contributed by atoms with van der Waals surface area (Å²) in [7, 11) is 0. The molecule has 0 saturated heterocycles. The SMILES string of the molecule is CCCCCCCC/C=C\CCCCCCCCOCCN(CCOCCCCCCCC/C=C\CCCCCCCC)C(=O)[C@@H](N)CO. The van der Waals surface area contributed by atoms with Crippen LogP contribution in [0.2, 0.25) is 0 Å². The van der Waals surface area contributed by atoms with Crippen molar-refractivity contribution in [1.29, 1.82) is 0 Å². The van der Waals surface area contributed by atoms with Crippen LogP contribution in [0, 0.1) is 0 Å². The monoisotopic (exact) mass is 693 g/mol. The zero-order chi connectivity index (χ0) is 35.7. The second-order valence-electron chi connectivity index (χ2n) is 14.2. The number of amides is 1. The Hall–Kier alpha value is -1.21. The van der Waals surface area contributed by atoms with Crippen molar-refractivity contribution >= 4 is 5.91 Å². The number of nitrogens with two attached hydrogens (primary N) is 1. The van der Waals surface area contributed by atoms with Crippen LogP contribution >= 0.6 is 0 Å². The lowest BCUT2D eigenvalue weighted by Gasteiger charge is -2.25. The molecule has 0 aromatic heterocycles. The van der Waals surface area contributed by atoms with Gasteiger partial charge in [-0.25, -0.2) is 0 Å². The van der Waals surface area contributed by atoms with E-state index in [9.17, 15) is 9.90 Å². The van der Waals surface area contributed by atoms with Gasteiger partial charge in [-0.1, -0.05) is 154 Å². The zero-order valence-electron chi connectivity index (χ0n) is 32.8. The van der Waals surface area contributed by atoms with Gasteiger partial charge in [0.05, 0.1) is 19.8 Å². The second-order valence-corrected chi connectivity index (χ2v) is 14.2. The maximum atomic E-state index is 12.6. The van der Waals surface area contributed by atoms with Crippen LogP contribution in [0.3, 0.4) is 0 Å². The van der Waals surface area contributed by atoms with Gasteiger partial charge in [-0.3, -0.25) is 4.79 Å². The van der Waals surface area contributed by atoms with E-state index in [0.29, 0.717) is 26.3 Å². The van der Waals surface area contributed by atoms with E-state index in [1.165, 1.54) is 167 Å². The van der Waals surface area contributed by atoms with E-state index in [1.807, 2.05) is 0 Å². The standard InChI is InChI=1S/C43H84N2O4/c1-3-5-7-9-11-13-15-17-19-21-23-25-27-29-31-33-37-48-39-35-45(43(47)42(44)41-46)36-40-49-38-34-32-30-28-26-24-22-20-18-16-14-12-10-8-6-4-2/h17-20,42,46H,3-16,21-41,44H2,1-2H3/b19-17-,20-18-/t42-/m0/s1. The van der Waals surface area contributed by atoms with Gasteiger partial charge in [-0.05, 0) is 64.2 Å². The highest BCUT2D eigenvalue weighted by Gasteiger charge is 2.20. The van der Waals surface area contributed by atoms with Gasteiger partial charge < -0.3 is 25.2 Å². The molecule has 6 nitrogen and oxygen atoms in total. The molecule has 3 N–H and O–H groups in total. The van der Waals surface area contributed by atoms with Gasteiger partial charge in [-0.2, -0.15) is 0 Å². The van der Waals surface area contributed by atoms with Crippen LogP contribution in [-0.2, 0) is 14.3 Å². The van der Waals surface area contributed by atoms with Crippen LogP contribution in [0.15, 0.2) is 24.3 Å². The third-order valence-electron chi connectivity index (χ3n) is 9.44. The van der Waals surface area contributed by atoms with Crippen molar-refractivity contribution in [3.63, 3.8) is 0 Å². The summed E-state index contributed by atoms with van der Waals surface area (Å²) in [5, 5.41) is 9.38. The topological polar surface area (TPSA) is 85.0 Å². The fourth-order valence-corrected chi connectivity index (χ4v) is 6.10. The summed E-state index contributed by atoms with van der Waals surface area (Å²) in [5.74, 6) is -0.232. The summed E-state index contributed by atoms with van der Waals surface area (Å²) in [6.45, 7) is 7.60. The number of allylic oxidation sites excluding steroid dienone is 4. The Balaban J connectivity index is 3.70. The number of hydrogen-bond acceptors (Lipinski definition) is 5. The Morgan fingerprint density at radius 1 is 0.510 bits per heavy atom. The normalized spacial score (nSPS) is 12.5. The summed E-state index contributed by atoms with van der Waals surface area (Å²) in [6, 6.07) is -0.883. The quantitative estimate of drug-likeness (QED) is 0.0493. The molecule has 1 amide bonds. The van der Waals surface area contributed by atoms with Crippen LogP contribution in [0.4, 0.5) is 0 Å². The van der Waals surface area contributed by atoms with Crippen LogP contribution in [0.1, 0.15) is 194 Å². The Bertz CT molecular complexity index is 666. The molecule has 0 rings (SSSR count). The number of aliphatic hydroxyl groups is 1. The fourth-order valence-electron chi connectivity index (χ4n) is 6.10. The molecule has 49 heavy (non-hydrogen) atoms. The Morgan fingerprint density at radius 2 is 0.816 bits per heavy atom. The van der Waals surface area contributed by atoms with Gasteiger partial charge in [0.15, 0.2) is 0 Å². The highest BCUT2D eigenvalue weighted by molar-refractivity contribution is 5.81. The first-order valence-corrected chi connectivity index (χ1v) is 21.3. The molecule has 0 bridgehead atoms. The molecule has 0 heterocycles. The summed E-state index contributed by atoms with van der Waals surface area (Å²) >= 11 is 0. The predicted molar refractivity (Wildman–Crippen MR) is 212 cm³/mol. The largest absolute Gasteiger partial charge is 0.394 e. The maximum absolute atomic E-state index is 12.6. The van der Waals surface area contributed by atoms with Crippen LogP contribution < -0.4 is 5.73 Å². The summed E-state index contributed by atoms with van der Waals surface area (Å²) in [6.07, 6.45) is 45.8. The average Bonchev–Trinajstić information content (AvgIpc) is 3.11. The lowest BCUT2D eigenvalue weighted by Crippen LogP contribution is -2.48. The minimum atomic E-state index is -0.883. The van der Waals surface area contributed by atoms with E-state index in [0.717, 1.165) is 26.1 Å². The van der Waals surface area contributed by atoms with Crippen LogP contribution in [-0.4, -0.2) is 68.1 Å². The molecule has 1 atom stereocenters. The predicted octanol–water partition coefficient (Wildman–Crippen LogP) is 11.2. The molecule has 0 unspecified atom stereocenters. The Morgan fingerprint density at radius 3 is 1.14 bits per heavy atom. The van der Waals surface area contributed by atoms with Crippen LogP contribution in [0.25, 0.3) is 0 Å². The van der Waals surface area contributed by atoms with Gasteiger partial charge in [0.2, 0.25) is 5.91 Å². The second kappa shape index (κ2) is 41.2. The molecule has 0 aliphatic rings. The van der Waals surface area contributed by atoms with E-state index in [1.54, 1.807) is 4.90 Å². The summed E-state index contributed by atoms with van der Waals surface area (Å²) < 4.78 is 11.7. The zero-order valence-corrected chi connectivity index (χ0v) is 32.8. The molecule has 290 valence electrons. The maximum Gasteiger partial charge on any atom is 0.242 e. The van der Waals surface area contributed by atoms with Crippen molar-refractivity contribution in [3.05, 3.63) is 24.3 Å². The van der Waals surface area contributed by atoms with E-state index >= 15 is 0 Å². The smallest absolute Gasteiger partial charge is 0.242 e. The van der Waals surface area contributed by atoms with E-state index in [2.05, 4.69) is 38.2 Å². The number of carbonyl (C=O) groups excluding carboxylic acids is 1. The van der Waals surface area contributed by atoms with Crippen molar-refractivity contribution < 1.29 is 19.4 Å². The van der Waals surface area contributed by atoms with E-state index < -0.39 is 6.04 Å². The van der Waals surface area contributed by atoms with Gasteiger partial charge in [0, 0.05) is 26.3 Å². The van der Waals surface area contributed by atoms with E-state index in [-0.39, 0.29) is 12.5 Å². The summed E-state index contributed by atoms with van der Waals surface area (Å²) in [4.78, 5) is 14.3. The number of rotatable bonds is 40. The van der Waals surface area contributed by atoms with Crippen molar-refractivity contribution in [1.82, 2.24) is 4.90 Å². The molecular weight excluding hydrogens is 608 g/mol. The number of hydrogen-bond donors (Lipinski definition) is 2. The first kappa shape index (κ1) is 47.8. The fraction of sp³-hybridized carbons (Fsp3) is 0.884. The first-order chi connectivity index (χ1) is 24.2. The van der Waals surface area contributed by atoms with Crippen molar-refractivity contribution in [2.75, 3.05) is 46.1 Å². The molecule has 0 saturated carbocycles. The average molecular weight is 693 g/mol. The third kappa shape index (κ3) is 36.4. The third-order valence-corrected chi connectivity index (χ3v) is 9.44. The van der Waals surface area contributed by atoms with E-state index in [4.69, 9.17) is 15.2 Å². The lowest BCUT2D eigenvalue weighted by molar-refractivity contribution is -0.135. The lowest BCUT2D eigenvalue weighted by atomic mass is 10.1. The van der Waals surface area contributed by atoms with Gasteiger partial charge in [-0.15, -0.1) is 0 Å². The van der Waals surface area contributed by atoms with Crippen LogP contribution in [0.5, 0.6) is 0 Å². The first-order valence-electron chi connectivity index (χ1n) is 21.3. The number of carbonyl (C=O) groups is 1. The number of unbranched alkanes of at least 4 members (excludes halogenated alkanes) is 24. The van der Waals surface area contributed by atoms with Gasteiger partial charge in [0.25, 0.3) is 0 Å². The summed E-state index contributed by atoms with van der Waals surface area (Å²) in [5.41, 5.74) is 5.84. The van der Waals surface area contributed by atoms with Crippen molar-refractivity contribution in [3.8, 4) is 0 Å². The van der Waals surface area contributed by atoms with Gasteiger partial charge >= 0.3 is 0 Å². The Kier molecular flexibility index (Phi) is 40.2. The minimum absolute atomic E-state index is 0.232. The molecule has 0 aliphatic heterocycles. The molecule has 0 aliphatic carbocycles. The molecule has 0 aromatic carbocycles. The van der Waals surface area contributed by atoms with Crippen molar-refractivity contribution in [2.45, 2.75) is 200 Å². The minimum Gasteiger partial charge on any atom is -0.394 e.